The fourth-order valence-corrected chi connectivity index (χ4v) is 3.19. The summed E-state index contributed by atoms with van der Waals surface area (Å²) >= 11 is 3.36. The van der Waals surface area contributed by atoms with Crippen LogP contribution in [-0.4, -0.2) is 21.4 Å². The number of aromatic nitrogens is 2. The van der Waals surface area contributed by atoms with Crippen LogP contribution in [-0.2, 0) is 6.42 Å². The first-order chi connectivity index (χ1) is 10.1. The Kier molecular flexibility index (Phi) is 4.35. The molecule has 2 aromatic rings. The zero-order chi connectivity index (χ0) is 14.8. The first-order valence-corrected chi connectivity index (χ1v) is 7.89. The van der Waals surface area contributed by atoms with Crippen LogP contribution in [0.3, 0.4) is 0 Å². The lowest BCUT2D eigenvalue weighted by Crippen LogP contribution is -2.26. The van der Waals surface area contributed by atoms with Gasteiger partial charge in [-0.1, -0.05) is 33.9 Å². The van der Waals surface area contributed by atoms with Gasteiger partial charge in [-0.3, -0.25) is 0 Å². The molecule has 112 valence electrons. The topological polar surface area (TPSA) is 59.2 Å². The number of halogens is 2. The third-order valence-corrected chi connectivity index (χ3v) is 4.63. The van der Waals surface area contributed by atoms with Crippen molar-refractivity contribution in [2.24, 2.45) is 5.92 Å². The summed E-state index contributed by atoms with van der Waals surface area (Å²) in [6.45, 7) is 0. The third-order valence-electron chi connectivity index (χ3n) is 3.94. The number of hydrogen-bond acceptors (Lipinski definition) is 4. The van der Waals surface area contributed by atoms with Crippen LogP contribution in [0.5, 0.6) is 0 Å². The van der Waals surface area contributed by atoms with E-state index in [0.29, 0.717) is 28.2 Å². The van der Waals surface area contributed by atoms with Gasteiger partial charge in [-0.25, -0.2) is 4.39 Å². The van der Waals surface area contributed by atoms with Gasteiger partial charge in [-0.15, -0.1) is 0 Å². The van der Waals surface area contributed by atoms with Crippen molar-refractivity contribution in [2.75, 3.05) is 0 Å². The van der Waals surface area contributed by atoms with Crippen molar-refractivity contribution >= 4 is 15.9 Å². The molecule has 0 aliphatic heterocycles. The quantitative estimate of drug-likeness (QED) is 0.912. The minimum absolute atomic E-state index is 0.169. The smallest absolute Gasteiger partial charge is 0.227 e. The predicted octanol–water partition coefficient (Wildman–Crippen LogP) is 3.73. The second-order valence-corrected chi connectivity index (χ2v) is 6.31. The summed E-state index contributed by atoms with van der Waals surface area (Å²) < 4.78 is 19.3. The standard InChI is InChI=1S/C15H16BrFN2O2/c16-12-6-5-10(17)8-11(12)15-18-14(21-19-15)7-9-3-1-2-4-13(9)20/h5-6,8-9,13,20H,1-4,7H2. The highest BCUT2D eigenvalue weighted by molar-refractivity contribution is 9.10. The maximum atomic E-state index is 13.3. The average molecular weight is 355 g/mol. The Balaban J connectivity index is 1.78. The normalized spacial score (nSPS) is 22.4. The fraction of sp³-hybridized carbons (Fsp3) is 0.467. The molecule has 1 heterocycles. The number of nitrogens with zero attached hydrogens (tertiary/aromatic N) is 2. The molecule has 0 radical (unpaired) electrons. The van der Waals surface area contributed by atoms with E-state index in [9.17, 15) is 9.50 Å². The molecule has 0 bridgehead atoms. The Morgan fingerprint density at radius 1 is 1.33 bits per heavy atom. The molecule has 1 fully saturated rings. The van der Waals surface area contributed by atoms with Gasteiger partial charge < -0.3 is 9.63 Å². The van der Waals surface area contributed by atoms with Gasteiger partial charge in [0.2, 0.25) is 11.7 Å². The van der Waals surface area contributed by atoms with E-state index in [-0.39, 0.29) is 17.8 Å². The molecule has 0 amide bonds. The number of aliphatic hydroxyl groups is 1. The highest BCUT2D eigenvalue weighted by Gasteiger charge is 2.25. The van der Waals surface area contributed by atoms with Crippen LogP contribution in [0.25, 0.3) is 11.4 Å². The maximum Gasteiger partial charge on any atom is 0.227 e. The highest BCUT2D eigenvalue weighted by Crippen LogP contribution is 2.29. The zero-order valence-electron chi connectivity index (χ0n) is 11.4. The summed E-state index contributed by atoms with van der Waals surface area (Å²) in [6, 6.07) is 4.35. The van der Waals surface area contributed by atoms with Gasteiger partial charge in [0.15, 0.2) is 0 Å². The molecular formula is C15H16BrFN2O2. The van der Waals surface area contributed by atoms with Gasteiger partial charge in [-0.2, -0.15) is 4.98 Å². The van der Waals surface area contributed by atoms with Crippen molar-refractivity contribution in [1.29, 1.82) is 0 Å². The Morgan fingerprint density at radius 2 is 2.14 bits per heavy atom. The van der Waals surface area contributed by atoms with Crippen LogP contribution in [0.4, 0.5) is 4.39 Å². The third kappa shape index (κ3) is 3.32. The Bertz CT molecular complexity index is 632. The van der Waals surface area contributed by atoms with E-state index < -0.39 is 0 Å². The number of benzene rings is 1. The van der Waals surface area contributed by atoms with Crippen LogP contribution < -0.4 is 0 Å². The maximum absolute atomic E-state index is 13.3. The van der Waals surface area contributed by atoms with Crippen LogP contribution >= 0.6 is 15.9 Å². The summed E-state index contributed by atoms with van der Waals surface area (Å²) in [5, 5.41) is 13.9. The van der Waals surface area contributed by atoms with Gasteiger partial charge in [0.1, 0.15) is 5.82 Å². The van der Waals surface area contributed by atoms with E-state index in [1.165, 1.54) is 12.1 Å². The first kappa shape index (κ1) is 14.7. The van der Waals surface area contributed by atoms with Gasteiger partial charge in [0.05, 0.1) is 6.10 Å². The Hall–Kier alpha value is -1.27. The molecule has 1 aromatic heterocycles. The highest BCUT2D eigenvalue weighted by atomic mass is 79.9. The van der Waals surface area contributed by atoms with E-state index in [0.717, 1.165) is 25.7 Å². The zero-order valence-corrected chi connectivity index (χ0v) is 13.0. The molecule has 1 aliphatic carbocycles. The van der Waals surface area contributed by atoms with Crippen molar-refractivity contribution in [2.45, 2.75) is 38.2 Å². The molecule has 6 heteroatoms. The fourth-order valence-electron chi connectivity index (χ4n) is 2.77. The molecule has 3 rings (SSSR count). The summed E-state index contributed by atoms with van der Waals surface area (Å²) in [4.78, 5) is 4.33. The van der Waals surface area contributed by atoms with Gasteiger partial charge in [-0.05, 0) is 37.0 Å². The molecule has 2 atom stereocenters. The van der Waals surface area contributed by atoms with Crippen molar-refractivity contribution in [1.82, 2.24) is 10.1 Å². The molecule has 21 heavy (non-hydrogen) atoms. The minimum atomic E-state index is -0.345. The second-order valence-electron chi connectivity index (χ2n) is 5.45. The summed E-state index contributed by atoms with van der Waals surface area (Å²) in [5.74, 6) is 0.680. The lowest BCUT2D eigenvalue weighted by Gasteiger charge is -2.26. The number of rotatable bonds is 3. The predicted molar refractivity (Wildman–Crippen MR) is 79.1 cm³/mol. The van der Waals surface area contributed by atoms with Gasteiger partial charge >= 0.3 is 0 Å². The van der Waals surface area contributed by atoms with E-state index >= 15 is 0 Å². The van der Waals surface area contributed by atoms with E-state index in [1.807, 2.05) is 0 Å². The van der Waals surface area contributed by atoms with Crippen molar-refractivity contribution < 1.29 is 14.0 Å². The molecule has 4 nitrogen and oxygen atoms in total. The van der Waals surface area contributed by atoms with E-state index in [2.05, 4.69) is 26.1 Å². The van der Waals surface area contributed by atoms with Crippen LogP contribution in [0.1, 0.15) is 31.6 Å². The van der Waals surface area contributed by atoms with Gasteiger partial charge in [0, 0.05) is 16.5 Å². The van der Waals surface area contributed by atoms with Crippen LogP contribution in [0.2, 0.25) is 0 Å². The van der Waals surface area contributed by atoms with E-state index in [4.69, 9.17) is 4.52 Å². The minimum Gasteiger partial charge on any atom is -0.393 e. The molecule has 1 aliphatic rings. The SMILES string of the molecule is OC1CCCCC1Cc1nc(-c2cc(F)ccc2Br)no1. The Morgan fingerprint density at radius 3 is 2.95 bits per heavy atom. The summed E-state index contributed by atoms with van der Waals surface area (Å²) in [6.07, 6.45) is 4.28. The monoisotopic (exact) mass is 354 g/mol. The molecule has 0 spiro atoms. The molecule has 1 aromatic carbocycles. The van der Waals surface area contributed by atoms with Crippen molar-refractivity contribution in [3.8, 4) is 11.4 Å². The lowest BCUT2D eigenvalue weighted by molar-refractivity contribution is 0.0657. The Labute approximate surface area is 130 Å². The lowest BCUT2D eigenvalue weighted by atomic mass is 9.84. The second kappa shape index (κ2) is 6.23. The number of aliphatic hydroxyl groups excluding tert-OH is 1. The first-order valence-electron chi connectivity index (χ1n) is 7.09. The van der Waals surface area contributed by atoms with Gasteiger partial charge in [0.25, 0.3) is 0 Å². The molecule has 2 unspecified atom stereocenters. The van der Waals surface area contributed by atoms with Crippen molar-refractivity contribution in [3.05, 3.63) is 34.4 Å². The summed E-state index contributed by atoms with van der Waals surface area (Å²) in [5.41, 5.74) is 0.564. The average Bonchev–Trinajstić information content (AvgIpc) is 2.92. The van der Waals surface area contributed by atoms with Crippen LogP contribution in [0.15, 0.2) is 27.2 Å². The van der Waals surface area contributed by atoms with Crippen molar-refractivity contribution in [3.63, 3.8) is 0 Å². The molecule has 1 saturated carbocycles. The largest absolute Gasteiger partial charge is 0.393 e. The summed E-state index contributed by atoms with van der Waals surface area (Å²) in [7, 11) is 0. The van der Waals surface area contributed by atoms with Crippen LogP contribution in [0, 0.1) is 11.7 Å². The number of hydrogen-bond donors (Lipinski definition) is 1. The molecule has 0 saturated heterocycles. The van der Waals surface area contributed by atoms with E-state index in [1.54, 1.807) is 6.07 Å². The molecule has 1 N–H and O–H groups in total. The molecular weight excluding hydrogens is 339 g/mol.